The zero-order chi connectivity index (χ0) is 15.2. The van der Waals surface area contributed by atoms with Gasteiger partial charge >= 0.3 is 5.97 Å². The number of carbonyl (C=O) groups is 1. The van der Waals surface area contributed by atoms with Crippen molar-refractivity contribution in [1.29, 1.82) is 0 Å². The monoisotopic (exact) mass is 326 g/mol. The Morgan fingerprint density at radius 2 is 2.10 bits per heavy atom. The molecule has 1 N–H and O–H groups in total. The number of carboxylic acid groups (broad SMARTS) is 1. The molecule has 110 valence electrons. The van der Waals surface area contributed by atoms with Crippen molar-refractivity contribution < 1.29 is 19.0 Å². The SMILES string of the molecule is O=C(O)c1ccc(F)c(SCCOc2cccc(Cl)c2)c1. The van der Waals surface area contributed by atoms with E-state index in [9.17, 15) is 9.18 Å². The molecule has 0 radical (unpaired) electrons. The first-order valence-corrected chi connectivity index (χ1v) is 7.46. The van der Waals surface area contributed by atoms with Gasteiger partial charge in [-0.05, 0) is 36.4 Å². The second-order valence-corrected chi connectivity index (χ2v) is 5.68. The number of thioether (sulfide) groups is 1. The minimum absolute atomic E-state index is 0.0645. The lowest BCUT2D eigenvalue weighted by atomic mass is 10.2. The molecule has 0 fully saturated rings. The summed E-state index contributed by atoms with van der Waals surface area (Å²) in [6.07, 6.45) is 0. The summed E-state index contributed by atoms with van der Waals surface area (Å²) in [5.74, 6) is -0.380. The van der Waals surface area contributed by atoms with Gasteiger partial charge in [0.2, 0.25) is 0 Å². The number of hydrogen-bond acceptors (Lipinski definition) is 3. The molecule has 0 aliphatic heterocycles. The van der Waals surface area contributed by atoms with E-state index in [-0.39, 0.29) is 5.56 Å². The molecule has 0 unspecified atom stereocenters. The Hall–Kier alpha value is -1.72. The molecule has 3 nitrogen and oxygen atoms in total. The van der Waals surface area contributed by atoms with E-state index in [1.54, 1.807) is 24.3 Å². The highest BCUT2D eigenvalue weighted by Crippen LogP contribution is 2.24. The van der Waals surface area contributed by atoms with Gasteiger partial charge in [-0.2, -0.15) is 0 Å². The molecule has 0 spiro atoms. The average molecular weight is 327 g/mol. The van der Waals surface area contributed by atoms with Crippen LogP contribution in [0.1, 0.15) is 10.4 Å². The van der Waals surface area contributed by atoms with Crippen LogP contribution in [-0.2, 0) is 0 Å². The fraction of sp³-hybridized carbons (Fsp3) is 0.133. The largest absolute Gasteiger partial charge is 0.493 e. The molecule has 2 aromatic carbocycles. The van der Waals surface area contributed by atoms with Gasteiger partial charge in [0.1, 0.15) is 11.6 Å². The van der Waals surface area contributed by atoms with Gasteiger partial charge in [0.25, 0.3) is 0 Å². The molecule has 0 saturated carbocycles. The smallest absolute Gasteiger partial charge is 0.335 e. The third-order valence-electron chi connectivity index (χ3n) is 2.58. The standard InChI is InChI=1S/C15H12ClFO3S/c16-11-2-1-3-12(9-11)20-6-7-21-14-8-10(15(18)19)4-5-13(14)17/h1-5,8-9H,6-7H2,(H,18,19). The zero-order valence-corrected chi connectivity index (χ0v) is 12.5. The number of carboxylic acids is 1. The molecule has 21 heavy (non-hydrogen) atoms. The number of aromatic carboxylic acids is 1. The number of rotatable bonds is 6. The van der Waals surface area contributed by atoms with Crippen molar-refractivity contribution in [1.82, 2.24) is 0 Å². The van der Waals surface area contributed by atoms with Crippen molar-refractivity contribution >= 4 is 29.3 Å². The van der Waals surface area contributed by atoms with Crippen molar-refractivity contribution in [3.8, 4) is 5.75 Å². The fourth-order valence-electron chi connectivity index (χ4n) is 1.61. The normalized spacial score (nSPS) is 10.4. The topological polar surface area (TPSA) is 46.5 Å². The molecular weight excluding hydrogens is 315 g/mol. The van der Waals surface area contributed by atoms with E-state index < -0.39 is 11.8 Å². The van der Waals surface area contributed by atoms with E-state index in [0.29, 0.717) is 28.0 Å². The summed E-state index contributed by atoms with van der Waals surface area (Å²) in [7, 11) is 0. The van der Waals surface area contributed by atoms with Gasteiger partial charge < -0.3 is 9.84 Å². The van der Waals surface area contributed by atoms with Crippen LogP contribution in [0.2, 0.25) is 5.02 Å². The van der Waals surface area contributed by atoms with E-state index in [1.165, 1.54) is 23.9 Å². The summed E-state index contributed by atoms with van der Waals surface area (Å²) in [6, 6.07) is 10.7. The van der Waals surface area contributed by atoms with Crippen LogP contribution in [0.4, 0.5) is 4.39 Å². The molecule has 0 aliphatic carbocycles. The summed E-state index contributed by atoms with van der Waals surface area (Å²) < 4.78 is 19.0. The highest BCUT2D eigenvalue weighted by molar-refractivity contribution is 7.99. The molecule has 0 amide bonds. The molecule has 0 atom stereocenters. The van der Waals surface area contributed by atoms with E-state index >= 15 is 0 Å². The Labute approximate surface area is 130 Å². The zero-order valence-electron chi connectivity index (χ0n) is 10.9. The van der Waals surface area contributed by atoms with E-state index in [0.717, 1.165) is 6.07 Å². The Kier molecular flexibility index (Phi) is 5.47. The van der Waals surface area contributed by atoms with Crippen LogP contribution < -0.4 is 4.74 Å². The minimum atomic E-state index is -1.08. The second kappa shape index (κ2) is 7.33. The van der Waals surface area contributed by atoms with Crippen LogP contribution in [0.5, 0.6) is 5.75 Å². The van der Waals surface area contributed by atoms with Crippen molar-refractivity contribution in [3.05, 3.63) is 58.9 Å². The Balaban J connectivity index is 1.88. The van der Waals surface area contributed by atoms with Crippen LogP contribution >= 0.6 is 23.4 Å². The highest BCUT2D eigenvalue weighted by atomic mass is 35.5. The van der Waals surface area contributed by atoms with Gasteiger partial charge in [0, 0.05) is 15.7 Å². The maximum Gasteiger partial charge on any atom is 0.335 e. The number of benzene rings is 2. The van der Waals surface area contributed by atoms with E-state index in [2.05, 4.69) is 0 Å². The summed E-state index contributed by atoms with van der Waals surface area (Å²) in [4.78, 5) is 11.1. The van der Waals surface area contributed by atoms with Crippen molar-refractivity contribution in [3.63, 3.8) is 0 Å². The van der Waals surface area contributed by atoms with Gasteiger partial charge in [-0.1, -0.05) is 17.7 Å². The van der Waals surface area contributed by atoms with E-state index in [1.807, 2.05) is 0 Å². The van der Waals surface area contributed by atoms with Gasteiger partial charge in [-0.25, -0.2) is 9.18 Å². The van der Waals surface area contributed by atoms with Crippen LogP contribution in [0, 0.1) is 5.82 Å². The van der Waals surface area contributed by atoms with Crippen LogP contribution in [0.3, 0.4) is 0 Å². The predicted molar refractivity (Wildman–Crippen MR) is 81.0 cm³/mol. The second-order valence-electron chi connectivity index (χ2n) is 4.10. The summed E-state index contributed by atoms with van der Waals surface area (Å²) in [5.41, 5.74) is 0.0645. The average Bonchev–Trinajstić information content (AvgIpc) is 2.45. The fourth-order valence-corrected chi connectivity index (χ4v) is 2.60. The van der Waals surface area contributed by atoms with Gasteiger partial charge in [0.05, 0.1) is 12.2 Å². The minimum Gasteiger partial charge on any atom is -0.493 e. The van der Waals surface area contributed by atoms with Gasteiger partial charge in [0.15, 0.2) is 0 Å². The lowest BCUT2D eigenvalue weighted by Gasteiger charge is -2.07. The molecule has 2 aromatic rings. The van der Waals surface area contributed by atoms with E-state index in [4.69, 9.17) is 21.4 Å². The van der Waals surface area contributed by atoms with Crippen LogP contribution in [0.15, 0.2) is 47.4 Å². The number of hydrogen-bond donors (Lipinski definition) is 1. The molecule has 0 saturated heterocycles. The highest BCUT2D eigenvalue weighted by Gasteiger charge is 2.08. The third-order valence-corrected chi connectivity index (χ3v) is 3.81. The Bertz CT molecular complexity index is 649. The van der Waals surface area contributed by atoms with Gasteiger partial charge in [-0.3, -0.25) is 0 Å². The first-order chi connectivity index (χ1) is 10.1. The molecule has 6 heteroatoms. The predicted octanol–water partition coefficient (Wildman–Crippen LogP) is 4.35. The van der Waals surface area contributed by atoms with Crippen molar-refractivity contribution in [2.75, 3.05) is 12.4 Å². The Morgan fingerprint density at radius 1 is 1.29 bits per heavy atom. The number of halogens is 2. The molecule has 0 aliphatic rings. The molecule has 0 aromatic heterocycles. The Morgan fingerprint density at radius 3 is 2.81 bits per heavy atom. The molecule has 2 rings (SSSR count). The third kappa shape index (κ3) is 4.65. The van der Waals surface area contributed by atoms with Crippen molar-refractivity contribution in [2.24, 2.45) is 0 Å². The first kappa shape index (κ1) is 15.7. The van der Waals surface area contributed by atoms with Crippen molar-refractivity contribution in [2.45, 2.75) is 4.90 Å². The molecular formula is C15H12ClFO3S. The molecule has 0 heterocycles. The van der Waals surface area contributed by atoms with Crippen LogP contribution in [-0.4, -0.2) is 23.4 Å². The first-order valence-electron chi connectivity index (χ1n) is 6.10. The van der Waals surface area contributed by atoms with Gasteiger partial charge in [-0.15, -0.1) is 11.8 Å². The quantitative estimate of drug-likeness (QED) is 0.633. The molecule has 0 bridgehead atoms. The number of ether oxygens (including phenoxy) is 1. The summed E-state index contributed by atoms with van der Waals surface area (Å²) >= 11 is 7.04. The summed E-state index contributed by atoms with van der Waals surface area (Å²) in [5, 5.41) is 9.46. The maximum atomic E-state index is 13.6. The lowest BCUT2D eigenvalue weighted by molar-refractivity contribution is 0.0696. The van der Waals surface area contributed by atoms with Crippen LogP contribution in [0.25, 0.3) is 0 Å². The lowest BCUT2D eigenvalue weighted by Crippen LogP contribution is -2.01. The summed E-state index contributed by atoms with van der Waals surface area (Å²) in [6.45, 7) is 0.363. The maximum absolute atomic E-state index is 13.6.